The largest absolute Gasteiger partial charge is 0.371 e. The van der Waals surface area contributed by atoms with Gasteiger partial charge in [0.2, 0.25) is 0 Å². The SMILES string of the molecule is Brc1cccc(N2CCC3(CC2)OCCO3)c1. The van der Waals surface area contributed by atoms with Crippen LogP contribution >= 0.6 is 15.9 Å². The zero-order valence-electron chi connectivity index (χ0n) is 9.69. The summed E-state index contributed by atoms with van der Waals surface area (Å²) >= 11 is 3.51. The lowest BCUT2D eigenvalue weighted by atomic mass is 10.0. The van der Waals surface area contributed by atoms with Crippen molar-refractivity contribution in [3.63, 3.8) is 0 Å². The van der Waals surface area contributed by atoms with Crippen molar-refractivity contribution < 1.29 is 9.47 Å². The summed E-state index contributed by atoms with van der Waals surface area (Å²) in [5.74, 6) is -0.275. The van der Waals surface area contributed by atoms with Gasteiger partial charge in [-0.25, -0.2) is 0 Å². The Hall–Kier alpha value is -0.580. The zero-order chi connectivity index (χ0) is 11.7. The molecule has 1 spiro atoms. The van der Waals surface area contributed by atoms with Crippen LogP contribution in [-0.4, -0.2) is 32.1 Å². The van der Waals surface area contributed by atoms with E-state index in [0.717, 1.165) is 43.6 Å². The maximum Gasteiger partial charge on any atom is 0.171 e. The first kappa shape index (κ1) is 11.5. The van der Waals surface area contributed by atoms with Crippen LogP contribution in [0.2, 0.25) is 0 Å². The summed E-state index contributed by atoms with van der Waals surface area (Å²) in [6.45, 7) is 3.49. The van der Waals surface area contributed by atoms with Crippen LogP contribution < -0.4 is 4.90 Å². The molecule has 0 atom stereocenters. The third-order valence-corrected chi connectivity index (χ3v) is 4.01. The van der Waals surface area contributed by atoms with E-state index in [2.05, 4.69) is 45.1 Å². The average Bonchev–Trinajstić information content (AvgIpc) is 2.79. The summed E-state index contributed by atoms with van der Waals surface area (Å²) < 4.78 is 12.6. The van der Waals surface area contributed by atoms with Gasteiger partial charge in [-0.15, -0.1) is 0 Å². The number of nitrogens with zero attached hydrogens (tertiary/aromatic N) is 1. The van der Waals surface area contributed by atoms with Gasteiger partial charge in [0.15, 0.2) is 5.79 Å². The number of rotatable bonds is 1. The molecule has 0 saturated carbocycles. The molecule has 0 radical (unpaired) electrons. The Morgan fingerprint density at radius 2 is 1.82 bits per heavy atom. The van der Waals surface area contributed by atoms with Gasteiger partial charge in [0.05, 0.1) is 13.2 Å². The molecule has 0 N–H and O–H groups in total. The fourth-order valence-electron chi connectivity index (χ4n) is 2.56. The van der Waals surface area contributed by atoms with Crippen molar-refractivity contribution >= 4 is 21.6 Å². The molecule has 92 valence electrons. The predicted octanol–water partition coefficient (Wildman–Crippen LogP) is 2.79. The van der Waals surface area contributed by atoms with E-state index in [1.807, 2.05) is 0 Å². The van der Waals surface area contributed by atoms with Gasteiger partial charge in [-0.2, -0.15) is 0 Å². The number of benzene rings is 1. The molecule has 1 aromatic rings. The number of ether oxygens (including phenoxy) is 2. The van der Waals surface area contributed by atoms with Crippen LogP contribution in [0.5, 0.6) is 0 Å². The van der Waals surface area contributed by atoms with E-state index < -0.39 is 0 Å². The lowest BCUT2D eigenvalue weighted by molar-refractivity contribution is -0.169. The second-order valence-corrected chi connectivity index (χ2v) is 5.49. The second kappa shape index (κ2) is 4.59. The average molecular weight is 298 g/mol. The minimum atomic E-state index is -0.275. The van der Waals surface area contributed by atoms with Crippen LogP contribution in [0.1, 0.15) is 12.8 Å². The fraction of sp³-hybridized carbons (Fsp3) is 0.538. The van der Waals surface area contributed by atoms with Crippen molar-refractivity contribution in [2.75, 3.05) is 31.2 Å². The van der Waals surface area contributed by atoms with Crippen molar-refractivity contribution in [3.8, 4) is 0 Å². The lowest BCUT2D eigenvalue weighted by Gasteiger charge is -2.38. The molecule has 2 aliphatic rings. The molecule has 0 amide bonds. The Morgan fingerprint density at radius 1 is 1.12 bits per heavy atom. The highest BCUT2D eigenvalue weighted by atomic mass is 79.9. The van der Waals surface area contributed by atoms with Gasteiger partial charge in [0.25, 0.3) is 0 Å². The summed E-state index contributed by atoms with van der Waals surface area (Å²) in [4.78, 5) is 2.39. The van der Waals surface area contributed by atoms with E-state index in [0.29, 0.717) is 0 Å². The predicted molar refractivity (Wildman–Crippen MR) is 70.2 cm³/mol. The van der Waals surface area contributed by atoms with Crippen LogP contribution in [0.25, 0.3) is 0 Å². The first-order valence-electron chi connectivity index (χ1n) is 6.06. The smallest absolute Gasteiger partial charge is 0.171 e. The quantitative estimate of drug-likeness (QED) is 0.796. The third-order valence-electron chi connectivity index (χ3n) is 3.51. The highest BCUT2D eigenvalue weighted by Crippen LogP contribution is 2.33. The molecule has 3 rings (SSSR count). The Balaban J connectivity index is 1.68. The zero-order valence-corrected chi connectivity index (χ0v) is 11.3. The number of piperidine rings is 1. The Labute approximate surface area is 110 Å². The van der Waals surface area contributed by atoms with Gasteiger partial charge in [-0.05, 0) is 18.2 Å². The molecule has 3 nitrogen and oxygen atoms in total. The van der Waals surface area contributed by atoms with Crippen molar-refractivity contribution in [1.82, 2.24) is 0 Å². The van der Waals surface area contributed by atoms with Crippen LogP contribution in [0.4, 0.5) is 5.69 Å². The van der Waals surface area contributed by atoms with Gasteiger partial charge < -0.3 is 14.4 Å². The van der Waals surface area contributed by atoms with E-state index in [1.165, 1.54) is 5.69 Å². The van der Waals surface area contributed by atoms with Crippen molar-refractivity contribution in [2.45, 2.75) is 18.6 Å². The minimum Gasteiger partial charge on any atom is -0.371 e. The van der Waals surface area contributed by atoms with E-state index in [1.54, 1.807) is 0 Å². The van der Waals surface area contributed by atoms with Crippen molar-refractivity contribution in [2.24, 2.45) is 0 Å². The van der Waals surface area contributed by atoms with Gasteiger partial charge in [0.1, 0.15) is 0 Å². The molecule has 4 heteroatoms. The minimum absolute atomic E-state index is 0.275. The summed E-state index contributed by atoms with van der Waals surface area (Å²) in [6.07, 6.45) is 1.92. The second-order valence-electron chi connectivity index (χ2n) is 4.57. The third kappa shape index (κ3) is 2.34. The van der Waals surface area contributed by atoms with E-state index in [4.69, 9.17) is 9.47 Å². The van der Waals surface area contributed by atoms with Crippen LogP contribution in [-0.2, 0) is 9.47 Å². The summed E-state index contributed by atoms with van der Waals surface area (Å²) in [6, 6.07) is 8.44. The van der Waals surface area contributed by atoms with Gasteiger partial charge in [-0.3, -0.25) is 0 Å². The summed E-state index contributed by atoms with van der Waals surface area (Å²) in [5, 5.41) is 0. The van der Waals surface area contributed by atoms with E-state index >= 15 is 0 Å². The van der Waals surface area contributed by atoms with Gasteiger partial charge in [0, 0.05) is 36.1 Å². The van der Waals surface area contributed by atoms with Gasteiger partial charge in [-0.1, -0.05) is 22.0 Å². The van der Waals surface area contributed by atoms with Crippen LogP contribution in [0.3, 0.4) is 0 Å². The molecule has 2 fully saturated rings. The van der Waals surface area contributed by atoms with Gasteiger partial charge >= 0.3 is 0 Å². The summed E-state index contributed by atoms with van der Waals surface area (Å²) in [7, 11) is 0. The highest BCUT2D eigenvalue weighted by Gasteiger charge is 2.39. The number of hydrogen-bond acceptors (Lipinski definition) is 3. The highest BCUT2D eigenvalue weighted by molar-refractivity contribution is 9.10. The first-order valence-corrected chi connectivity index (χ1v) is 6.85. The molecule has 0 unspecified atom stereocenters. The molecule has 2 heterocycles. The first-order chi connectivity index (χ1) is 8.27. The number of halogens is 1. The Bertz CT molecular complexity index is 394. The van der Waals surface area contributed by atoms with E-state index in [9.17, 15) is 0 Å². The number of hydrogen-bond donors (Lipinski definition) is 0. The molecule has 2 aliphatic heterocycles. The molecule has 1 aromatic carbocycles. The fourth-order valence-corrected chi connectivity index (χ4v) is 2.95. The maximum absolute atomic E-state index is 5.73. The molecular formula is C13H16BrNO2. The normalized spacial score (nSPS) is 23.2. The molecular weight excluding hydrogens is 282 g/mol. The molecule has 2 saturated heterocycles. The molecule has 0 aliphatic carbocycles. The maximum atomic E-state index is 5.73. The molecule has 17 heavy (non-hydrogen) atoms. The van der Waals surface area contributed by atoms with Crippen molar-refractivity contribution in [3.05, 3.63) is 28.7 Å². The Morgan fingerprint density at radius 3 is 2.47 bits per heavy atom. The van der Waals surface area contributed by atoms with Crippen molar-refractivity contribution in [1.29, 1.82) is 0 Å². The standard InChI is InChI=1S/C13H16BrNO2/c14-11-2-1-3-12(10-11)15-6-4-13(5-7-15)16-8-9-17-13/h1-3,10H,4-9H2. The summed E-state index contributed by atoms with van der Waals surface area (Å²) in [5.41, 5.74) is 1.27. The molecule has 0 aromatic heterocycles. The topological polar surface area (TPSA) is 21.7 Å². The van der Waals surface area contributed by atoms with Crippen LogP contribution in [0.15, 0.2) is 28.7 Å². The number of anilines is 1. The lowest BCUT2D eigenvalue weighted by Crippen LogP contribution is -2.45. The van der Waals surface area contributed by atoms with E-state index in [-0.39, 0.29) is 5.79 Å². The van der Waals surface area contributed by atoms with Crippen LogP contribution in [0, 0.1) is 0 Å². The Kier molecular flexibility index (Phi) is 3.11. The molecule has 0 bridgehead atoms. The monoisotopic (exact) mass is 297 g/mol.